The highest BCUT2D eigenvalue weighted by Gasteiger charge is 2.05. The minimum absolute atomic E-state index is 0.133. The second kappa shape index (κ2) is 2.34. The molecule has 0 amide bonds. The second-order valence-electron chi connectivity index (χ2n) is 2.45. The van der Waals surface area contributed by atoms with Gasteiger partial charge in [0.25, 0.3) is 0 Å². The summed E-state index contributed by atoms with van der Waals surface area (Å²) in [6.07, 6.45) is 0. The summed E-state index contributed by atoms with van der Waals surface area (Å²) in [5, 5.41) is 12.7. The molecule has 4 nitrogen and oxygen atoms in total. The van der Waals surface area contributed by atoms with E-state index in [0.717, 1.165) is 10.1 Å². The molecule has 1 N–H and O–H groups in total. The van der Waals surface area contributed by atoms with Crippen LogP contribution < -0.4 is 0 Å². The van der Waals surface area contributed by atoms with Gasteiger partial charge in [-0.15, -0.1) is 4.91 Å². The topological polar surface area (TPSA) is 54.6 Å². The molecule has 0 unspecified atom stereocenters. The zero-order chi connectivity index (χ0) is 8.55. The number of benzene rings is 1. The van der Waals surface area contributed by atoms with Crippen molar-refractivity contribution in [3.05, 3.63) is 35.2 Å². The number of fused-ring (bicyclic) bond motifs is 1. The van der Waals surface area contributed by atoms with Crippen molar-refractivity contribution in [1.82, 2.24) is 4.68 Å². The number of nitrogens with zero attached hydrogens (tertiary/aromatic N) is 2. The number of rotatable bonds is 1. The summed E-state index contributed by atoms with van der Waals surface area (Å²) in [4.78, 5) is 10.3. The maximum Gasteiger partial charge on any atom is 0.215 e. The van der Waals surface area contributed by atoms with Crippen LogP contribution in [0.3, 0.4) is 0 Å². The maximum absolute atomic E-state index is 10.3. The van der Waals surface area contributed by atoms with Crippen molar-refractivity contribution < 1.29 is 5.11 Å². The van der Waals surface area contributed by atoms with Gasteiger partial charge in [0, 0.05) is 11.5 Å². The fourth-order valence-electron chi connectivity index (χ4n) is 1.21. The van der Waals surface area contributed by atoms with Crippen LogP contribution in [0.4, 0.5) is 0 Å². The predicted molar refractivity (Wildman–Crippen MR) is 44.8 cm³/mol. The summed E-state index contributed by atoms with van der Waals surface area (Å²) in [6.45, 7) is 0. The molecule has 0 spiro atoms. The molecule has 0 fully saturated rings. The van der Waals surface area contributed by atoms with Crippen LogP contribution >= 0.6 is 0 Å². The summed E-state index contributed by atoms with van der Waals surface area (Å²) in [7, 11) is 0. The molecule has 4 heteroatoms. The molecule has 2 aromatic rings. The Morgan fingerprint density at radius 1 is 1.33 bits per heavy atom. The number of nitroso groups, excluding NO2 is 1. The Kier molecular flexibility index (Phi) is 1.33. The first-order valence-electron chi connectivity index (χ1n) is 3.46. The van der Waals surface area contributed by atoms with Crippen LogP contribution in [0.25, 0.3) is 10.9 Å². The summed E-state index contributed by atoms with van der Waals surface area (Å²) < 4.78 is 0.954. The van der Waals surface area contributed by atoms with E-state index in [1.54, 1.807) is 18.2 Å². The van der Waals surface area contributed by atoms with Crippen molar-refractivity contribution in [3.63, 3.8) is 0 Å². The van der Waals surface area contributed by atoms with Gasteiger partial charge in [-0.3, -0.25) is 0 Å². The van der Waals surface area contributed by atoms with Gasteiger partial charge in [0.1, 0.15) is 0 Å². The lowest BCUT2D eigenvalue weighted by Gasteiger charge is -1.91. The molecule has 0 aliphatic heterocycles. The van der Waals surface area contributed by atoms with Crippen LogP contribution in [0.5, 0.6) is 5.88 Å². The first-order valence-corrected chi connectivity index (χ1v) is 3.46. The Balaban J connectivity index is 2.90. The first-order chi connectivity index (χ1) is 5.83. The first kappa shape index (κ1) is 6.84. The quantitative estimate of drug-likeness (QED) is 0.651. The molecular weight excluding hydrogens is 156 g/mol. The average molecular weight is 162 g/mol. The third kappa shape index (κ3) is 0.780. The molecule has 1 aromatic carbocycles. The van der Waals surface area contributed by atoms with E-state index in [1.165, 1.54) is 6.07 Å². The SMILES string of the molecule is O=Nn1c(O)cc2ccccc21. The molecule has 0 bridgehead atoms. The fourth-order valence-corrected chi connectivity index (χ4v) is 1.21. The average Bonchev–Trinajstić information content (AvgIpc) is 2.40. The molecule has 60 valence electrons. The molecule has 0 aliphatic carbocycles. The molecule has 0 aliphatic rings. The van der Waals surface area contributed by atoms with Crippen molar-refractivity contribution in [3.8, 4) is 5.88 Å². The van der Waals surface area contributed by atoms with Crippen molar-refractivity contribution in [2.45, 2.75) is 0 Å². The van der Waals surface area contributed by atoms with Gasteiger partial charge in [-0.05, 0) is 6.07 Å². The highest BCUT2D eigenvalue weighted by molar-refractivity contribution is 5.82. The van der Waals surface area contributed by atoms with E-state index in [9.17, 15) is 10.0 Å². The van der Waals surface area contributed by atoms with Gasteiger partial charge >= 0.3 is 0 Å². The Morgan fingerprint density at radius 2 is 2.08 bits per heavy atom. The van der Waals surface area contributed by atoms with E-state index in [2.05, 4.69) is 5.29 Å². The summed E-state index contributed by atoms with van der Waals surface area (Å²) >= 11 is 0. The van der Waals surface area contributed by atoms with Crippen molar-refractivity contribution in [2.75, 3.05) is 0 Å². The van der Waals surface area contributed by atoms with Crippen molar-refractivity contribution in [1.29, 1.82) is 0 Å². The van der Waals surface area contributed by atoms with E-state index >= 15 is 0 Å². The maximum atomic E-state index is 10.3. The van der Waals surface area contributed by atoms with Crippen molar-refractivity contribution in [2.24, 2.45) is 5.29 Å². The monoisotopic (exact) mass is 162 g/mol. The van der Waals surface area contributed by atoms with E-state index in [0.29, 0.717) is 5.52 Å². The number of hydrogen-bond acceptors (Lipinski definition) is 3. The zero-order valence-electron chi connectivity index (χ0n) is 6.14. The molecule has 2 rings (SSSR count). The number of para-hydroxylation sites is 1. The highest BCUT2D eigenvalue weighted by atomic mass is 16.3. The molecule has 1 aromatic heterocycles. The number of aromatic nitrogens is 1. The standard InChI is InChI=1S/C8H6N2O2/c11-8-5-6-3-1-2-4-7(6)10(8)9-12/h1-5,11H. The van der Waals surface area contributed by atoms with Gasteiger partial charge in [0.15, 0.2) is 0 Å². The van der Waals surface area contributed by atoms with E-state index < -0.39 is 0 Å². The van der Waals surface area contributed by atoms with Gasteiger partial charge in [0.05, 0.1) is 10.8 Å². The van der Waals surface area contributed by atoms with Crippen molar-refractivity contribution >= 4 is 10.9 Å². The normalized spacial score (nSPS) is 10.3. The van der Waals surface area contributed by atoms with E-state index in [4.69, 9.17) is 0 Å². The van der Waals surface area contributed by atoms with E-state index in [1.807, 2.05) is 6.07 Å². The van der Waals surface area contributed by atoms with Crippen LogP contribution in [-0.2, 0) is 0 Å². The van der Waals surface area contributed by atoms with Crippen LogP contribution in [0.1, 0.15) is 0 Å². The smallest absolute Gasteiger partial charge is 0.215 e. The Morgan fingerprint density at radius 3 is 2.83 bits per heavy atom. The lowest BCUT2D eigenvalue weighted by atomic mass is 10.3. The second-order valence-corrected chi connectivity index (χ2v) is 2.45. The third-order valence-corrected chi connectivity index (χ3v) is 1.75. The lowest BCUT2D eigenvalue weighted by Crippen LogP contribution is -1.83. The van der Waals surface area contributed by atoms with Crippen LogP contribution in [0, 0.1) is 4.91 Å². The highest BCUT2D eigenvalue weighted by Crippen LogP contribution is 2.23. The Bertz CT molecular complexity index is 434. The van der Waals surface area contributed by atoms with Crippen LogP contribution in [0.15, 0.2) is 35.6 Å². The van der Waals surface area contributed by atoms with Gasteiger partial charge in [-0.1, -0.05) is 18.2 Å². The van der Waals surface area contributed by atoms with Gasteiger partial charge in [0.2, 0.25) is 5.88 Å². The van der Waals surface area contributed by atoms with E-state index in [-0.39, 0.29) is 5.88 Å². The molecule has 0 saturated heterocycles. The molecule has 12 heavy (non-hydrogen) atoms. The van der Waals surface area contributed by atoms with Gasteiger partial charge in [-0.25, -0.2) is 0 Å². The number of hydrogen-bond donors (Lipinski definition) is 1. The fraction of sp³-hybridized carbons (Fsp3) is 0. The Hall–Kier alpha value is -1.84. The van der Waals surface area contributed by atoms with Gasteiger partial charge < -0.3 is 5.11 Å². The van der Waals surface area contributed by atoms with Gasteiger partial charge in [-0.2, -0.15) is 4.68 Å². The van der Waals surface area contributed by atoms with Crippen LogP contribution in [0.2, 0.25) is 0 Å². The molecule has 1 heterocycles. The molecular formula is C8H6N2O2. The minimum atomic E-state index is -0.133. The minimum Gasteiger partial charge on any atom is -0.493 e. The molecule has 0 radical (unpaired) electrons. The predicted octanol–water partition coefficient (Wildman–Crippen LogP) is 1.88. The lowest BCUT2D eigenvalue weighted by molar-refractivity contribution is 0.432. The molecule has 0 atom stereocenters. The Labute approximate surface area is 68.0 Å². The van der Waals surface area contributed by atoms with Crippen LogP contribution in [-0.4, -0.2) is 9.78 Å². The third-order valence-electron chi connectivity index (χ3n) is 1.75. The zero-order valence-corrected chi connectivity index (χ0v) is 6.14. The summed E-state index contributed by atoms with van der Waals surface area (Å²) in [6, 6.07) is 8.63. The number of aromatic hydroxyl groups is 1. The summed E-state index contributed by atoms with van der Waals surface area (Å²) in [5.74, 6) is -0.133. The largest absolute Gasteiger partial charge is 0.493 e. The molecule has 0 saturated carbocycles. The summed E-state index contributed by atoms with van der Waals surface area (Å²) in [5.41, 5.74) is 0.616.